The number of hydrogen-bond acceptors (Lipinski definition) is 5. The van der Waals surface area contributed by atoms with E-state index in [1.165, 1.54) is 0 Å². The van der Waals surface area contributed by atoms with Crippen molar-refractivity contribution in [2.45, 2.75) is 18.9 Å². The molecule has 5 heteroatoms. The SMILES string of the molecule is COc1cccc(N2CCC(OCCO)CC2)n1. The Bertz CT molecular complexity index is 365. The predicted octanol–water partition coefficient (Wildman–Crippen LogP) is 1.07. The van der Waals surface area contributed by atoms with Crippen molar-refractivity contribution in [3.63, 3.8) is 0 Å². The molecule has 5 nitrogen and oxygen atoms in total. The number of hydrogen-bond donors (Lipinski definition) is 1. The lowest BCUT2D eigenvalue weighted by atomic mass is 10.1. The molecule has 1 aliphatic heterocycles. The Balaban J connectivity index is 1.88. The summed E-state index contributed by atoms with van der Waals surface area (Å²) < 4.78 is 10.7. The lowest BCUT2D eigenvalue weighted by Gasteiger charge is -2.32. The van der Waals surface area contributed by atoms with Gasteiger partial charge in [0, 0.05) is 19.2 Å². The van der Waals surface area contributed by atoms with Crippen LogP contribution in [-0.4, -0.2) is 49.6 Å². The van der Waals surface area contributed by atoms with Crippen LogP contribution in [0.4, 0.5) is 5.82 Å². The van der Waals surface area contributed by atoms with Gasteiger partial charge in [-0.2, -0.15) is 4.98 Å². The molecule has 1 fully saturated rings. The Morgan fingerprint density at radius 1 is 1.39 bits per heavy atom. The topological polar surface area (TPSA) is 54.8 Å². The summed E-state index contributed by atoms with van der Waals surface area (Å²) in [6.45, 7) is 2.38. The smallest absolute Gasteiger partial charge is 0.214 e. The summed E-state index contributed by atoms with van der Waals surface area (Å²) in [5, 5.41) is 8.73. The van der Waals surface area contributed by atoms with E-state index in [9.17, 15) is 0 Å². The van der Waals surface area contributed by atoms with Crippen LogP contribution in [-0.2, 0) is 4.74 Å². The van der Waals surface area contributed by atoms with E-state index in [0.717, 1.165) is 31.7 Å². The monoisotopic (exact) mass is 252 g/mol. The fourth-order valence-electron chi connectivity index (χ4n) is 2.16. The van der Waals surface area contributed by atoms with Gasteiger partial charge in [0.1, 0.15) is 5.82 Å². The zero-order chi connectivity index (χ0) is 12.8. The van der Waals surface area contributed by atoms with Crippen molar-refractivity contribution in [3.05, 3.63) is 18.2 Å². The third kappa shape index (κ3) is 3.34. The first kappa shape index (κ1) is 13.1. The van der Waals surface area contributed by atoms with Crippen LogP contribution < -0.4 is 9.64 Å². The van der Waals surface area contributed by atoms with Crippen LogP contribution in [0.3, 0.4) is 0 Å². The summed E-state index contributed by atoms with van der Waals surface area (Å²) in [5.41, 5.74) is 0. The van der Waals surface area contributed by atoms with Gasteiger partial charge >= 0.3 is 0 Å². The van der Waals surface area contributed by atoms with E-state index in [2.05, 4.69) is 9.88 Å². The van der Waals surface area contributed by atoms with Crippen molar-refractivity contribution in [1.82, 2.24) is 4.98 Å². The van der Waals surface area contributed by atoms with Gasteiger partial charge in [0.25, 0.3) is 0 Å². The fraction of sp³-hybridized carbons (Fsp3) is 0.615. The normalized spacial score (nSPS) is 16.9. The van der Waals surface area contributed by atoms with Crippen LogP contribution in [0.1, 0.15) is 12.8 Å². The predicted molar refractivity (Wildman–Crippen MR) is 69.1 cm³/mol. The molecule has 1 aliphatic rings. The third-order valence-electron chi connectivity index (χ3n) is 3.13. The van der Waals surface area contributed by atoms with Crippen LogP contribution in [0.15, 0.2) is 18.2 Å². The number of aliphatic hydroxyl groups excluding tert-OH is 1. The summed E-state index contributed by atoms with van der Waals surface area (Å²) in [4.78, 5) is 6.66. The van der Waals surface area contributed by atoms with Gasteiger partial charge in [-0.05, 0) is 18.9 Å². The summed E-state index contributed by atoms with van der Waals surface area (Å²) in [5.74, 6) is 1.60. The van der Waals surface area contributed by atoms with Crippen LogP contribution in [0.5, 0.6) is 5.88 Å². The van der Waals surface area contributed by atoms with Crippen LogP contribution >= 0.6 is 0 Å². The van der Waals surface area contributed by atoms with E-state index in [1.807, 2.05) is 18.2 Å². The number of pyridine rings is 1. The molecule has 100 valence electrons. The van der Waals surface area contributed by atoms with E-state index in [0.29, 0.717) is 12.5 Å². The highest BCUT2D eigenvalue weighted by molar-refractivity contribution is 5.41. The van der Waals surface area contributed by atoms with Gasteiger partial charge in [-0.1, -0.05) is 6.07 Å². The second-order valence-electron chi connectivity index (χ2n) is 4.32. The number of ether oxygens (including phenoxy) is 2. The Kier molecular flexibility index (Phi) is 4.78. The lowest BCUT2D eigenvalue weighted by molar-refractivity contribution is 0.0158. The molecule has 0 radical (unpaired) electrons. The Labute approximate surface area is 107 Å². The van der Waals surface area contributed by atoms with Crippen LogP contribution in [0.2, 0.25) is 0 Å². The van der Waals surface area contributed by atoms with Gasteiger partial charge in [0.2, 0.25) is 5.88 Å². The summed E-state index contributed by atoms with van der Waals surface area (Å²) >= 11 is 0. The van der Waals surface area contributed by atoms with Gasteiger partial charge in [-0.15, -0.1) is 0 Å². The van der Waals surface area contributed by atoms with Crippen molar-refractivity contribution in [2.75, 3.05) is 38.3 Å². The highest BCUT2D eigenvalue weighted by atomic mass is 16.5. The van der Waals surface area contributed by atoms with E-state index in [4.69, 9.17) is 14.6 Å². The first-order chi connectivity index (χ1) is 8.83. The molecule has 0 aromatic carbocycles. The average molecular weight is 252 g/mol. The van der Waals surface area contributed by atoms with Gasteiger partial charge in [0.15, 0.2) is 0 Å². The maximum absolute atomic E-state index is 8.73. The van der Waals surface area contributed by atoms with Gasteiger partial charge < -0.3 is 19.5 Å². The van der Waals surface area contributed by atoms with Crippen LogP contribution in [0, 0.1) is 0 Å². The van der Waals surface area contributed by atoms with E-state index < -0.39 is 0 Å². The number of rotatable bonds is 5. The van der Waals surface area contributed by atoms with E-state index >= 15 is 0 Å². The molecule has 0 atom stereocenters. The minimum atomic E-state index is 0.0949. The molecule has 2 rings (SSSR count). The second kappa shape index (κ2) is 6.56. The number of methoxy groups -OCH3 is 1. The molecule has 1 aromatic rings. The molecule has 0 bridgehead atoms. The van der Waals surface area contributed by atoms with E-state index in [-0.39, 0.29) is 12.7 Å². The summed E-state index contributed by atoms with van der Waals surface area (Å²) in [6.07, 6.45) is 2.21. The molecule has 0 aliphatic carbocycles. The molecule has 1 N–H and O–H groups in total. The molecule has 18 heavy (non-hydrogen) atoms. The zero-order valence-corrected chi connectivity index (χ0v) is 10.7. The molecule has 0 spiro atoms. The molecular weight excluding hydrogens is 232 g/mol. The van der Waals surface area contributed by atoms with Crippen molar-refractivity contribution in [1.29, 1.82) is 0 Å². The molecule has 1 aromatic heterocycles. The number of nitrogens with zero attached hydrogens (tertiary/aromatic N) is 2. The van der Waals surface area contributed by atoms with E-state index in [1.54, 1.807) is 7.11 Å². The quantitative estimate of drug-likeness (QED) is 0.849. The molecule has 1 saturated heterocycles. The highest BCUT2D eigenvalue weighted by Gasteiger charge is 2.20. The maximum atomic E-state index is 8.73. The maximum Gasteiger partial charge on any atom is 0.214 e. The lowest BCUT2D eigenvalue weighted by Crippen LogP contribution is -2.37. The van der Waals surface area contributed by atoms with Crippen molar-refractivity contribution < 1.29 is 14.6 Å². The van der Waals surface area contributed by atoms with Crippen LogP contribution in [0.25, 0.3) is 0 Å². The fourth-order valence-corrected chi connectivity index (χ4v) is 2.16. The zero-order valence-electron chi connectivity index (χ0n) is 10.7. The minimum Gasteiger partial charge on any atom is -0.481 e. The number of piperidine rings is 1. The third-order valence-corrected chi connectivity index (χ3v) is 3.13. The highest BCUT2D eigenvalue weighted by Crippen LogP contribution is 2.21. The van der Waals surface area contributed by atoms with Gasteiger partial charge in [-0.25, -0.2) is 0 Å². The molecule has 0 amide bonds. The van der Waals surface area contributed by atoms with Crippen molar-refractivity contribution in [2.24, 2.45) is 0 Å². The first-order valence-corrected chi connectivity index (χ1v) is 6.32. The van der Waals surface area contributed by atoms with Crippen molar-refractivity contribution >= 4 is 5.82 Å². The summed E-state index contributed by atoms with van der Waals surface area (Å²) in [7, 11) is 1.63. The molecule has 0 saturated carbocycles. The Morgan fingerprint density at radius 2 is 2.17 bits per heavy atom. The van der Waals surface area contributed by atoms with Crippen molar-refractivity contribution in [3.8, 4) is 5.88 Å². The molecule has 0 unspecified atom stereocenters. The van der Waals surface area contributed by atoms with Gasteiger partial charge in [-0.3, -0.25) is 0 Å². The Morgan fingerprint density at radius 3 is 2.83 bits per heavy atom. The summed E-state index contributed by atoms with van der Waals surface area (Å²) in [6, 6.07) is 5.80. The van der Waals surface area contributed by atoms with Gasteiger partial charge in [0.05, 0.1) is 26.4 Å². The number of aliphatic hydroxyl groups is 1. The first-order valence-electron chi connectivity index (χ1n) is 6.32. The number of anilines is 1. The largest absolute Gasteiger partial charge is 0.481 e. The average Bonchev–Trinajstić information content (AvgIpc) is 2.46. The molecular formula is C13H20N2O3. The Hall–Kier alpha value is -1.33. The standard InChI is InChI=1S/C13H20N2O3/c1-17-13-4-2-3-12(14-13)15-7-5-11(6-8-15)18-10-9-16/h2-4,11,16H,5-10H2,1H3. The molecule has 2 heterocycles. The second-order valence-corrected chi connectivity index (χ2v) is 4.32. The minimum absolute atomic E-state index is 0.0949. The number of aromatic nitrogens is 1.